The van der Waals surface area contributed by atoms with Crippen LogP contribution in [-0.2, 0) is 10.1 Å². The van der Waals surface area contributed by atoms with Crippen molar-refractivity contribution in [1.29, 1.82) is 0 Å². The van der Waals surface area contributed by atoms with E-state index in [0.29, 0.717) is 8.58 Å². The summed E-state index contributed by atoms with van der Waals surface area (Å²) in [6.45, 7) is 0. The van der Waals surface area contributed by atoms with Crippen LogP contribution in [0.2, 0.25) is 0 Å². The van der Waals surface area contributed by atoms with Crippen LogP contribution in [-0.4, -0.2) is 18.5 Å². The van der Waals surface area contributed by atoms with Crippen LogP contribution >= 0.6 is 8.58 Å². The van der Waals surface area contributed by atoms with Crippen molar-refractivity contribution in [1.82, 2.24) is 0 Å². The van der Waals surface area contributed by atoms with Crippen molar-refractivity contribution in [3.63, 3.8) is 0 Å². The molecule has 0 fully saturated rings. The molecule has 3 nitrogen and oxygen atoms in total. The lowest BCUT2D eigenvalue weighted by Crippen LogP contribution is -2.21. The fraction of sp³-hybridized carbons (Fsp3) is 0.0769. The van der Waals surface area contributed by atoms with Crippen molar-refractivity contribution in [2.24, 2.45) is 0 Å². The monoisotopic (exact) mass is 372 g/mol. The van der Waals surface area contributed by atoms with E-state index in [0.717, 1.165) is 10.6 Å². The zero-order valence-corrected chi connectivity index (χ0v) is 13.0. The minimum absolute atomic E-state index is 0.234. The highest BCUT2D eigenvalue weighted by atomic mass is 32.2. The summed E-state index contributed by atoms with van der Waals surface area (Å²) in [6, 6.07) is 12.7. The smallest absolute Gasteiger partial charge is 0.279 e. The van der Waals surface area contributed by atoms with Crippen LogP contribution in [0.25, 0.3) is 0 Å². The van der Waals surface area contributed by atoms with Gasteiger partial charge in [-0.25, -0.2) is 8.78 Å². The van der Waals surface area contributed by atoms with Gasteiger partial charge in [0.2, 0.25) is 0 Å². The Hall–Kier alpha value is -1.57. The zero-order valence-electron chi connectivity index (χ0n) is 11.2. The molecule has 0 aliphatic heterocycles. The zero-order chi connectivity index (χ0) is 17.7. The largest absolute Gasteiger partial charge is 0.522 e. The number of benzene rings is 2. The molecule has 0 aliphatic rings. The summed E-state index contributed by atoms with van der Waals surface area (Å²) in [5.41, 5.74) is -5.53. The molecule has 0 unspecified atom stereocenters. The van der Waals surface area contributed by atoms with Gasteiger partial charge in [-0.2, -0.15) is 21.6 Å². The molecule has 10 heteroatoms. The first-order valence-electron chi connectivity index (χ1n) is 5.81. The summed E-state index contributed by atoms with van der Waals surface area (Å²) in [7, 11) is -5.40. The minimum Gasteiger partial charge on any atom is -0.279 e. The number of hydrogen-bond donors (Lipinski definition) is 1. The number of alkyl halides is 3. The van der Waals surface area contributed by atoms with Gasteiger partial charge in [-0.1, -0.05) is 32.8 Å². The van der Waals surface area contributed by atoms with Crippen LogP contribution in [0.4, 0.5) is 22.0 Å². The summed E-state index contributed by atoms with van der Waals surface area (Å²) in [5.74, 6) is -0.467. The van der Waals surface area contributed by atoms with Gasteiger partial charge < -0.3 is 0 Å². The van der Waals surface area contributed by atoms with Crippen molar-refractivity contribution in [3.8, 4) is 0 Å². The van der Waals surface area contributed by atoms with Crippen LogP contribution in [0.5, 0.6) is 0 Å². The van der Waals surface area contributed by atoms with Crippen LogP contribution in [0.15, 0.2) is 48.5 Å². The summed E-state index contributed by atoms with van der Waals surface area (Å²) in [6.07, 6.45) is 0. The van der Waals surface area contributed by atoms with Gasteiger partial charge in [0.25, 0.3) is 0 Å². The molecule has 0 aromatic heterocycles. The fourth-order valence-corrected chi connectivity index (χ4v) is 2.23. The molecule has 2 rings (SSSR count). The molecule has 126 valence electrons. The van der Waals surface area contributed by atoms with Crippen molar-refractivity contribution in [2.75, 3.05) is 0 Å². The molecule has 0 amide bonds. The van der Waals surface area contributed by atoms with E-state index >= 15 is 0 Å². The summed E-state index contributed by atoms with van der Waals surface area (Å²) < 4.78 is 82.8. The Bertz CT molecular complexity index is 684. The molecule has 1 N–H and O–H groups in total. The Labute approximate surface area is 130 Å². The molecule has 0 radical (unpaired) electrons. The second-order valence-corrected chi connectivity index (χ2v) is 6.88. The topological polar surface area (TPSA) is 54.4 Å². The van der Waals surface area contributed by atoms with E-state index in [2.05, 4.69) is 0 Å². The maximum atomic E-state index is 12.6. The number of rotatable bonds is 2. The molecule has 0 saturated carbocycles. The molecule has 2 aromatic rings. The predicted molar refractivity (Wildman–Crippen MR) is 78.0 cm³/mol. The minimum atomic E-state index is -5.84. The van der Waals surface area contributed by atoms with Crippen LogP contribution in [0, 0.1) is 11.6 Å². The van der Waals surface area contributed by atoms with Gasteiger partial charge >= 0.3 is 15.6 Å². The summed E-state index contributed by atoms with van der Waals surface area (Å²) in [4.78, 5) is 0. The van der Waals surface area contributed by atoms with Crippen molar-refractivity contribution >= 4 is 29.3 Å². The quantitative estimate of drug-likeness (QED) is 0.382. The Morgan fingerprint density at radius 2 is 1.04 bits per heavy atom. The van der Waals surface area contributed by atoms with E-state index < -0.39 is 15.6 Å². The first-order valence-corrected chi connectivity index (χ1v) is 8.25. The molecule has 0 saturated heterocycles. The molecule has 2 aromatic carbocycles. The van der Waals surface area contributed by atoms with Gasteiger partial charge in [0.15, 0.2) is 0 Å². The molecular weight excluding hydrogens is 362 g/mol. The SMILES string of the molecule is Fc1ccc(Pc2ccc(F)cc2)cc1.O=S(=O)(O)C(F)(F)F. The summed E-state index contributed by atoms with van der Waals surface area (Å²) in [5, 5.41) is 2.09. The van der Waals surface area contributed by atoms with E-state index in [9.17, 15) is 22.0 Å². The van der Waals surface area contributed by atoms with Gasteiger partial charge in [-0.05, 0) is 34.9 Å². The highest BCUT2D eigenvalue weighted by Crippen LogP contribution is 2.20. The Kier molecular flexibility index (Phi) is 6.61. The fourth-order valence-electron chi connectivity index (χ4n) is 1.23. The van der Waals surface area contributed by atoms with E-state index in [1.807, 2.05) is 0 Å². The van der Waals surface area contributed by atoms with Gasteiger partial charge in [0, 0.05) is 0 Å². The van der Waals surface area contributed by atoms with Crippen LogP contribution < -0.4 is 10.6 Å². The third-order valence-corrected chi connectivity index (χ3v) is 4.10. The van der Waals surface area contributed by atoms with E-state index in [1.165, 1.54) is 24.3 Å². The maximum absolute atomic E-state index is 12.6. The first-order chi connectivity index (χ1) is 10.5. The molecule has 23 heavy (non-hydrogen) atoms. The predicted octanol–water partition coefficient (Wildman–Crippen LogP) is 2.99. The standard InChI is InChI=1S/C12H9F2P.CHF3O3S/c13-9-1-5-11(6-2-9)15-12-7-3-10(14)4-8-12;2-1(3,4)8(5,6)7/h1-8,15H;(H,5,6,7). The lowest BCUT2D eigenvalue weighted by atomic mass is 10.3. The third-order valence-electron chi connectivity index (χ3n) is 2.27. The van der Waals surface area contributed by atoms with Crippen molar-refractivity contribution in [2.45, 2.75) is 5.51 Å². The van der Waals surface area contributed by atoms with E-state index in [1.54, 1.807) is 24.3 Å². The van der Waals surface area contributed by atoms with Gasteiger partial charge in [0.05, 0.1) is 0 Å². The molecule has 0 heterocycles. The second-order valence-electron chi connectivity index (χ2n) is 4.06. The highest BCUT2D eigenvalue weighted by molar-refractivity contribution is 7.86. The van der Waals surface area contributed by atoms with Gasteiger partial charge in [-0.3, -0.25) is 4.55 Å². The molecule has 0 spiro atoms. The third kappa shape index (κ3) is 7.02. The normalized spacial score (nSPS) is 11.6. The second kappa shape index (κ2) is 7.81. The van der Waals surface area contributed by atoms with Gasteiger partial charge in [0.1, 0.15) is 11.6 Å². The number of halogens is 5. The van der Waals surface area contributed by atoms with Crippen LogP contribution in [0.3, 0.4) is 0 Å². The molecule has 0 bridgehead atoms. The maximum Gasteiger partial charge on any atom is 0.522 e. The van der Waals surface area contributed by atoms with E-state index in [4.69, 9.17) is 13.0 Å². The van der Waals surface area contributed by atoms with Gasteiger partial charge in [-0.15, -0.1) is 0 Å². The first kappa shape index (κ1) is 19.5. The lowest BCUT2D eigenvalue weighted by molar-refractivity contribution is -0.0510. The molecule has 0 atom stereocenters. The Morgan fingerprint density at radius 1 is 0.783 bits per heavy atom. The molecular formula is C13H10F5O3PS. The van der Waals surface area contributed by atoms with E-state index in [-0.39, 0.29) is 11.6 Å². The van der Waals surface area contributed by atoms with Crippen molar-refractivity contribution < 1.29 is 34.9 Å². The lowest BCUT2D eigenvalue weighted by Gasteiger charge is -2.01. The van der Waals surface area contributed by atoms with Crippen molar-refractivity contribution in [3.05, 3.63) is 60.2 Å². The molecule has 0 aliphatic carbocycles. The van der Waals surface area contributed by atoms with Crippen LogP contribution in [0.1, 0.15) is 0 Å². The summed E-state index contributed by atoms with van der Waals surface area (Å²) >= 11 is 0. The Balaban J connectivity index is 0.000000284. The average molecular weight is 372 g/mol. The Morgan fingerprint density at radius 3 is 1.26 bits per heavy atom. The average Bonchev–Trinajstić information content (AvgIpc) is 2.42. The highest BCUT2D eigenvalue weighted by Gasteiger charge is 2.44. The number of hydrogen-bond acceptors (Lipinski definition) is 2.